The van der Waals surface area contributed by atoms with Gasteiger partial charge in [-0.3, -0.25) is 9.35 Å². The molecule has 0 bridgehead atoms. The highest BCUT2D eigenvalue weighted by molar-refractivity contribution is 7.85. The van der Waals surface area contributed by atoms with Gasteiger partial charge in [0.05, 0.1) is 12.3 Å². The zero-order valence-corrected chi connectivity index (χ0v) is 12.7. The molecule has 0 aliphatic heterocycles. The van der Waals surface area contributed by atoms with E-state index < -0.39 is 10.1 Å². The van der Waals surface area contributed by atoms with E-state index in [4.69, 9.17) is 4.55 Å². The van der Waals surface area contributed by atoms with E-state index >= 15 is 0 Å². The summed E-state index contributed by atoms with van der Waals surface area (Å²) in [5, 5.41) is 3.24. The summed E-state index contributed by atoms with van der Waals surface area (Å²) >= 11 is 0. The lowest BCUT2D eigenvalue weighted by molar-refractivity contribution is 0.0983. The van der Waals surface area contributed by atoms with Gasteiger partial charge in [0.1, 0.15) is 0 Å². The molecule has 0 unspecified atom stereocenters. The molecule has 0 aromatic heterocycles. The van der Waals surface area contributed by atoms with Gasteiger partial charge in [0.2, 0.25) is 0 Å². The maximum atomic E-state index is 12.0. The molecular weight excluding hydrogens is 290 g/mol. The summed E-state index contributed by atoms with van der Waals surface area (Å²) in [6, 6.07) is 9.40. The molecule has 0 amide bonds. The van der Waals surface area contributed by atoms with Gasteiger partial charge in [0.15, 0.2) is 5.78 Å². The van der Waals surface area contributed by atoms with E-state index in [9.17, 15) is 13.2 Å². The lowest BCUT2D eigenvalue weighted by Gasteiger charge is -2.28. The molecule has 1 saturated carbocycles. The van der Waals surface area contributed by atoms with Crippen LogP contribution in [0.5, 0.6) is 0 Å². The molecule has 0 atom stereocenters. The van der Waals surface area contributed by atoms with E-state index in [0.717, 1.165) is 25.7 Å². The number of hydrogen-bond acceptors (Lipinski definition) is 4. The predicted molar refractivity (Wildman–Crippen MR) is 80.9 cm³/mol. The number of hydrogen-bond donors (Lipinski definition) is 2. The van der Waals surface area contributed by atoms with Crippen LogP contribution in [0.15, 0.2) is 30.3 Å². The Morgan fingerprint density at radius 2 is 1.76 bits per heavy atom. The van der Waals surface area contributed by atoms with Crippen LogP contribution >= 0.6 is 0 Å². The Morgan fingerprint density at radius 3 is 2.33 bits per heavy atom. The fourth-order valence-electron chi connectivity index (χ4n) is 2.79. The maximum absolute atomic E-state index is 12.0. The maximum Gasteiger partial charge on any atom is 0.265 e. The third-order valence-corrected chi connectivity index (χ3v) is 4.83. The lowest BCUT2D eigenvalue weighted by Crippen LogP contribution is -2.37. The van der Waals surface area contributed by atoms with Crippen molar-refractivity contribution < 1.29 is 17.8 Å². The molecule has 1 aromatic carbocycles. The van der Waals surface area contributed by atoms with Crippen molar-refractivity contribution in [1.82, 2.24) is 5.32 Å². The average molecular weight is 311 g/mol. The Morgan fingerprint density at radius 1 is 1.14 bits per heavy atom. The third kappa shape index (κ3) is 5.57. The molecule has 2 rings (SSSR count). The monoisotopic (exact) mass is 311 g/mol. The zero-order chi connectivity index (χ0) is 15.3. The number of ketones is 1. The first-order chi connectivity index (χ1) is 9.94. The van der Waals surface area contributed by atoms with Crippen LogP contribution in [0.3, 0.4) is 0 Å². The SMILES string of the molecule is O=C(CNC1CCC(CS(=O)(=O)O)CC1)c1ccccc1. The van der Waals surface area contributed by atoms with Gasteiger partial charge in [-0.1, -0.05) is 30.3 Å². The van der Waals surface area contributed by atoms with E-state index in [-0.39, 0.29) is 23.5 Å². The lowest BCUT2D eigenvalue weighted by atomic mass is 9.87. The van der Waals surface area contributed by atoms with Crippen LogP contribution in [-0.4, -0.2) is 37.1 Å². The number of carbonyl (C=O) groups is 1. The molecule has 116 valence electrons. The van der Waals surface area contributed by atoms with Crippen molar-refractivity contribution >= 4 is 15.9 Å². The molecule has 1 fully saturated rings. The highest BCUT2D eigenvalue weighted by Crippen LogP contribution is 2.25. The number of carbonyl (C=O) groups excluding carboxylic acids is 1. The Labute approximate surface area is 125 Å². The minimum Gasteiger partial charge on any atom is -0.307 e. The average Bonchev–Trinajstić information content (AvgIpc) is 2.45. The second-order valence-electron chi connectivity index (χ2n) is 5.64. The van der Waals surface area contributed by atoms with E-state index in [1.165, 1.54) is 0 Å². The van der Waals surface area contributed by atoms with Crippen molar-refractivity contribution in [3.63, 3.8) is 0 Å². The van der Waals surface area contributed by atoms with Gasteiger partial charge in [-0.2, -0.15) is 8.42 Å². The van der Waals surface area contributed by atoms with Crippen LogP contribution in [0.25, 0.3) is 0 Å². The first-order valence-corrected chi connectivity index (χ1v) is 8.82. The van der Waals surface area contributed by atoms with E-state index in [1.54, 1.807) is 12.1 Å². The van der Waals surface area contributed by atoms with E-state index in [1.807, 2.05) is 18.2 Å². The van der Waals surface area contributed by atoms with Crippen LogP contribution < -0.4 is 5.32 Å². The number of rotatable bonds is 6. The standard InChI is InChI=1S/C15H21NO4S/c17-15(13-4-2-1-3-5-13)10-16-14-8-6-12(7-9-14)11-21(18,19)20/h1-5,12,14,16H,6-11H2,(H,18,19,20). The normalized spacial score (nSPS) is 22.9. The smallest absolute Gasteiger partial charge is 0.265 e. The Hall–Kier alpha value is -1.24. The van der Waals surface area contributed by atoms with Crippen LogP contribution in [0, 0.1) is 5.92 Å². The van der Waals surface area contributed by atoms with Gasteiger partial charge in [0, 0.05) is 11.6 Å². The molecule has 0 heterocycles. The minimum atomic E-state index is -3.88. The molecule has 5 nitrogen and oxygen atoms in total. The molecule has 6 heteroatoms. The van der Waals surface area contributed by atoms with Crippen LogP contribution in [0.2, 0.25) is 0 Å². The third-order valence-electron chi connectivity index (χ3n) is 3.94. The molecule has 1 aliphatic rings. The van der Waals surface area contributed by atoms with Crippen molar-refractivity contribution in [2.75, 3.05) is 12.3 Å². The highest BCUT2D eigenvalue weighted by atomic mass is 32.2. The quantitative estimate of drug-likeness (QED) is 0.619. The first kappa shape index (κ1) is 16.1. The van der Waals surface area contributed by atoms with Gasteiger partial charge in [-0.05, 0) is 31.6 Å². The largest absolute Gasteiger partial charge is 0.307 e. The fraction of sp³-hybridized carbons (Fsp3) is 0.533. The van der Waals surface area contributed by atoms with E-state index in [0.29, 0.717) is 12.1 Å². The summed E-state index contributed by atoms with van der Waals surface area (Å²) in [4.78, 5) is 12.0. The van der Waals surface area contributed by atoms with Gasteiger partial charge < -0.3 is 5.32 Å². The number of Topliss-reactive ketones (excluding diaryl/α,β-unsaturated/α-hetero) is 1. The van der Waals surface area contributed by atoms with Crippen molar-refractivity contribution in [2.24, 2.45) is 5.92 Å². The van der Waals surface area contributed by atoms with Crippen LogP contribution in [0.4, 0.5) is 0 Å². The molecule has 0 radical (unpaired) electrons. The summed E-state index contributed by atoms with van der Waals surface area (Å²) in [6.07, 6.45) is 3.19. The predicted octanol–water partition coefficient (Wildman–Crippen LogP) is 1.91. The number of nitrogens with one attached hydrogen (secondary N) is 1. The van der Waals surface area contributed by atoms with Gasteiger partial charge >= 0.3 is 0 Å². The Kier molecular flexibility index (Phi) is 5.50. The fourth-order valence-corrected chi connectivity index (χ4v) is 3.72. The summed E-state index contributed by atoms with van der Waals surface area (Å²) in [6.45, 7) is 0.303. The second-order valence-corrected chi connectivity index (χ2v) is 7.13. The van der Waals surface area contributed by atoms with Crippen molar-refractivity contribution in [2.45, 2.75) is 31.7 Å². The van der Waals surface area contributed by atoms with Crippen LogP contribution in [-0.2, 0) is 10.1 Å². The summed E-state index contributed by atoms with van der Waals surface area (Å²) in [5.74, 6) is -0.0543. The van der Waals surface area contributed by atoms with Crippen molar-refractivity contribution in [1.29, 1.82) is 0 Å². The Bertz CT molecular complexity index is 563. The van der Waals surface area contributed by atoms with E-state index in [2.05, 4.69) is 5.32 Å². The van der Waals surface area contributed by atoms with Gasteiger partial charge in [-0.25, -0.2) is 0 Å². The molecular formula is C15H21NO4S. The molecule has 1 aliphatic carbocycles. The summed E-state index contributed by atoms with van der Waals surface area (Å²) in [5.41, 5.74) is 0.699. The van der Waals surface area contributed by atoms with Crippen molar-refractivity contribution in [3.8, 4) is 0 Å². The molecule has 2 N–H and O–H groups in total. The van der Waals surface area contributed by atoms with Gasteiger partial charge in [-0.15, -0.1) is 0 Å². The van der Waals surface area contributed by atoms with Crippen LogP contribution in [0.1, 0.15) is 36.0 Å². The first-order valence-electron chi connectivity index (χ1n) is 7.21. The van der Waals surface area contributed by atoms with Crippen molar-refractivity contribution in [3.05, 3.63) is 35.9 Å². The number of benzene rings is 1. The molecule has 0 spiro atoms. The Balaban J connectivity index is 1.73. The second kappa shape index (κ2) is 7.15. The highest BCUT2D eigenvalue weighted by Gasteiger charge is 2.24. The minimum absolute atomic E-state index is 0.0304. The summed E-state index contributed by atoms with van der Waals surface area (Å²) in [7, 11) is -3.88. The van der Waals surface area contributed by atoms with Gasteiger partial charge in [0.25, 0.3) is 10.1 Å². The molecule has 21 heavy (non-hydrogen) atoms. The molecule has 1 aromatic rings. The zero-order valence-electron chi connectivity index (χ0n) is 11.9. The molecule has 0 saturated heterocycles. The summed E-state index contributed by atoms with van der Waals surface area (Å²) < 4.78 is 30.5. The topological polar surface area (TPSA) is 83.5 Å².